The maximum atomic E-state index is 13.2. The number of hydrogen-bond acceptors (Lipinski definition) is 4. The average Bonchev–Trinajstić information content (AvgIpc) is 3.06. The van der Waals surface area contributed by atoms with Gasteiger partial charge in [-0.2, -0.15) is 0 Å². The largest absolute Gasteiger partial charge is 0.330 e. The Kier molecular flexibility index (Phi) is 4.06. The van der Waals surface area contributed by atoms with Gasteiger partial charge >= 0.3 is 0 Å². The van der Waals surface area contributed by atoms with Crippen molar-refractivity contribution in [1.29, 1.82) is 0 Å². The summed E-state index contributed by atoms with van der Waals surface area (Å²) in [5.41, 5.74) is 1.71. The van der Waals surface area contributed by atoms with Gasteiger partial charge in [-0.15, -0.1) is 10.2 Å². The molecule has 6 heteroatoms. The first-order valence-electron chi connectivity index (χ1n) is 9.18. The zero-order valence-corrected chi connectivity index (χ0v) is 15.1. The molecule has 2 aliphatic rings. The van der Waals surface area contributed by atoms with Crippen molar-refractivity contribution >= 4 is 5.91 Å². The summed E-state index contributed by atoms with van der Waals surface area (Å²) in [5, 5.41) is 8.85. The van der Waals surface area contributed by atoms with Crippen LogP contribution >= 0.6 is 0 Å². The zero-order valence-electron chi connectivity index (χ0n) is 15.1. The lowest BCUT2D eigenvalue weighted by Gasteiger charge is -2.28. The number of amides is 1. The van der Waals surface area contributed by atoms with Crippen LogP contribution in [0.5, 0.6) is 0 Å². The second-order valence-corrected chi connectivity index (χ2v) is 7.73. The minimum Gasteiger partial charge on any atom is -0.330 e. The van der Waals surface area contributed by atoms with Crippen LogP contribution in [0.4, 0.5) is 0 Å². The van der Waals surface area contributed by atoms with Crippen LogP contribution in [0.3, 0.4) is 0 Å². The van der Waals surface area contributed by atoms with Crippen LogP contribution in [0.1, 0.15) is 54.3 Å². The predicted octanol–water partition coefficient (Wildman–Crippen LogP) is 2.41. The van der Waals surface area contributed by atoms with Crippen molar-refractivity contribution in [2.24, 2.45) is 5.92 Å². The van der Waals surface area contributed by atoms with Crippen LogP contribution in [-0.4, -0.2) is 42.6 Å². The summed E-state index contributed by atoms with van der Waals surface area (Å²) in [6, 6.07) is 2.34. The molecule has 132 valence electrons. The smallest absolute Gasteiger partial charge is 0.256 e. The molecule has 0 saturated carbocycles. The summed E-state index contributed by atoms with van der Waals surface area (Å²) in [6.07, 6.45) is 7.26. The molecule has 2 aliphatic heterocycles. The molecule has 2 atom stereocenters. The standard InChI is InChI=1S/C19H25N5O/c1-12(2)8-17-21-22-18-9-14-4-5-15(11-23(17)18)24(14)19(25)16-10-20-7-6-13(16)3/h6-7,10,12,14-15H,4-5,8-9,11H2,1-3H3. The Morgan fingerprint density at radius 2 is 2.08 bits per heavy atom. The molecule has 4 rings (SSSR count). The minimum atomic E-state index is 0.113. The van der Waals surface area contributed by atoms with Gasteiger partial charge in [-0.05, 0) is 37.3 Å². The average molecular weight is 339 g/mol. The first-order chi connectivity index (χ1) is 12.0. The van der Waals surface area contributed by atoms with Crippen LogP contribution in [0.25, 0.3) is 0 Å². The van der Waals surface area contributed by atoms with Crippen molar-refractivity contribution in [2.75, 3.05) is 0 Å². The van der Waals surface area contributed by atoms with Gasteiger partial charge in [-0.1, -0.05) is 13.8 Å². The Bertz CT molecular complexity index is 797. The Labute approximate surface area is 148 Å². The second kappa shape index (κ2) is 6.24. The van der Waals surface area contributed by atoms with Crippen LogP contribution in [-0.2, 0) is 19.4 Å². The molecule has 2 aromatic heterocycles. The molecule has 1 saturated heterocycles. The zero-order chi connectivity index (χ0) is 17.6. The topological polar surface area (TPSA) is 63.9 Å². The van der Waals surface area contributed by atoms with Gasteiger partial charge in [0, 0.05) is 37.8 Å². The van der Waals surface area contributed by atoms with E-state index in [9.17, 15) is 4.79 Å². The van der Waals surface area contributed by atoms with E-state index in [1.54, 1.807) is 12.4 Å². The highest BCUT2D eigenvalue weighted by atomic mass is 16.2. The summed E-state index contributed by atoms with van der Waals surface area (Å²) in [5.74, 6) is 2.75. The second-order valence-electron chi connectivity index (χ2n) is 7.73. The molecule has 1 fully saturated rings. The van der Waals surface area contributed by atoms with E-state index in [2.05, 4.69) is 38.5 Å². The summed E-state index contributed by atoms with van der Waals surface area (Å²) in [7, 11) is 0. The monoisotopic (exact) mass is 339 g/mol. The summed E-state index contributed by atoms with van der Waals surface area (Å²) >= 11 is 0. The normalized spacial score (nSPS) is 22.2. The van der Waals surface area contributed by atoms with E-state index in [0.29, 0.717) is 5.92 Å². The molecular formula is C19H25N5O. The van der Waals surface area contributed by atoms with E-state index < -0.39 is 0 Å². The van der Waals surface area contributed by atoms with Gasteiger partial charge in [0.05, 0.1) is 11.6 Å². The molecular weight excluding hydrogens is 314 g/mol. The van der Waals surface area contributed by atoms with E-state index in [4.69, 9.17) is 0 Å². The van der Waals surface area contributed by atoms with E-state index >= 15 is 0 Å². The van der Waals surface area contributed by atoms with Crippen LogP contribution in [0, 0.1) is 12.8 Å². The molecule has 0 N–H and O–H groups in total. The van der Waals surface area contributed by atoms with Crippen molar-refractivity contribution in [3.8, 4) is 0 Å². The van der Waals surface area contributed by atoms with E-state index in [-0.39, 0.29) is 18.0 Å². The van der Waals surface area contributed by atoms with E-state index in [0.717, 1.165) is 55.0 Å². The van der Waals surface area contributed by atoms with Crippen molar-refractivity contribution in [3.05, 3.63) is 41.2 Å². The van der Waals surface area contributed by atoms with E-state index in [1.807, 2.05) is 13.0 Å². The minimum absolute atomic E-state index is 0.113. The number of aryl methyl sites for hydroxylation is 1. The first-order valence-corrected chi connectivity index (χ1v) is 9.18. The van der Waals surface area contributed by atoms with Gasteiger partial charge in [0.1, 0.15) is 11.6 Å². The molecule has 2 bridgehead atoms. The van der Waals surface area contributed by atoms with Gasteiger partial charge in [-0.25, -0.2) is 0 Å². The SMILES string of the molecule is Cc1ccncc1C(=O)N1C2CCC1Cn1c(CC(C)C)nnc1C2. The van der Waals surface area contributed by atoms with Gasteiger partial charge in [0.2, 0.25) is 0 Å². The third-order valence-electron chi connectivity index (χ3n) is 5.43. The quantitative estimate of drug-likeness (QED) is 0.861. The Morgan fingerprint density at radius 1 is 1.28 bits per heavy atom. The molecule has 25 heavy (non-hydrogen) atoms. The molecule has 2 unspecified atom stereocenters. The van der Waals surface area contributed by atoms with Crippen LogP contribution in [0.15, 0.2) is 18.5 Å². The maximum absolute atomic E-state index is 13.2. The highest BCUT2D eigenvalue weighted by molar-refractivity contribution is 5.96. The summed E-state index contributed by atoms with van der Waals surface area (Å²) in [4.78, 5) is 19.5. The highest BCUT2D eigenvalue weighted by Gasteiger charge is 2.41. The number of carbonyl (C=O) groups excluding carboxylic acids is 1. The molecule has 6 nitrogen and oxygen atoms in total. The number of aromatic nitrogens is 4. The number of carbonyl (C=O) groups is 1. The van der Waals surface area contributed by atoms with Gasteiger partial charge < -0.3 is 9.47 Å². The van der Waals surface area contributed by atoms with Crippen molar-refractivity contribution in [2.45, 2.75) is 65.1 Å². The number of hydrogen-bond donors (Lipinski definition) is 0. The molecule has 0 radical (unpaired) electrons. The van der Waals surface area contributed by atoms with Gasteiger partial charge in [0.15, 0.2) is 0 Å². The number of rotatable bonds is 3. The van der Waals surface area contributed by atoms with Gasteiger partial charge in [0.25, 0.3) is 5.91 Å². The summed E-state index contributed by atoms with van der Waals surface area (Å²) < 4.78 is 2.26. The molecule has 0 aromatic carbocycles. The Balaban J connectivity index is 1.64. The molecule has 0 spiro atoms. The van der Waals surface area contributed by atoms with Crippen molar-refractivity contribution in [3.63, 3.8) is 0 Å². The van der Waals surface area contributed by atoms with Gasteiger partial charge in [-0.3, -0.25) is 9.78 Å². The van der Waals surface area contributed by atoms with Crippen LogP contribution in [0.2, 0.25) is 0 Å². The van der Waals surface area contributed by atoms with Crippen molar-refractivity contribution in [1.82, 2.24) is 24.6 Å². The number of pyridine rings is 1. The first kappa shape index (κ1) is 16.2. The maximum Gasteiger partial charge on any atom is 0.256 e. The van der Waals surface area contributed by atoms with E-state index in [1.165, 1.54) is 0 Å². The highest BCUT2D eigenvalue weighted by Crippen LogP contribution is 2.33. The third-order valence-corrected chi connectivity index (χ3v) is 5.43. The number of fused-ring (bicyclic) bond motifs is 3. The molecule has 4 heterocycles. The molecule has 0 aliphatic carbocycles. The fourth-order valence-electron chi connectivity index (χ4n) is 4.17. The molecule has 2 aromatic rings. The fraction of sp³-hybridized carbons (Fsp3) is 0.579. The third kappa shape index (κ3) is 2.83. The predicted molar refractivity (Wildman–Crippen MR) is 94.2 cm³/mol. The lowest BCUT2D eigenvalue weighted by Crippen LogP contribution is -2.42. The lowest BCUT2D eigenvalue weighted by molar-refractivity contribution is 0.0664. The van der Waals surface area contributed by atoms with Crippen molar-refractivity contribution < 1.29 is 4.79 Å². The number of nitrogens with zero attached hydrogens (tertiary/aromatic N) is 5. The Morgan fingerprint density at radius 3 is 2.84 bits per heavy atom. The molecule has 1 amide bonds. The fourth-order valence-corrected chi connectivity index (χ4v) is 4.17. The Hall–Kier alpha value is -2.24. The van der Waals surface area contributed by atoms with Crippen LogP contribution < -0.4 is 0 Å². The lowest BCUT2D eigenvalue weighted by atomic mass is 10.1. The summed E-state index contributed by atoms with van der Waals surface area (Å²) in [6.45, 7) is 7.19.